The van der Waals surface area contributed by atoms with E-state index < -0.39 is 5.54 Å². The van der Waals surface area contributed by atoms with E-state index in [9.17, 15) is 14.0 Å². The Hall–Kier alpha value is -3.64. The van der Waals surface area contributed by atoms with Gasteiger partial charge in [-0.25, -0.2) is 4.39 Å². The number of carbonyl (C=O) groups excluding carboxylic acids is 2. The minimum atomic E-state index is -1.34. The first-order valence-corrected chi connectivity index (χ1v) is 11.1. The second kappa shape index (κ2) is 7.46. The average Bonchev–Trinajstić information content (AvgIpc) is 3.37. The van der Waals surface area contributed by atoms with E-state index in [4.69, 9.17) is 4.52 Å². The molecule has 164 valence electrons. The van der Waals surface area contributed by atoms with Gasteiger partial charge in [-0.05, 0) is 30.5 Å². The zero-order chi connectivity index (χ0) is 22.6. The molecule has 5 nitrogen and oxygen atoms in total. The minimum absolute atomic E-state index is 0.106. The van der Waals surface area contributed by atoms with Crippen LogP contribution in [0.2, 0.25) is 0 Å². The summed E-state index contributed by atoms with van der Waals surface area (Å²) in [4.78, 5) is 29.7. The molecule has 0 atom stereocenters. The zero-order valence-corrected chi connectivity index (χ0v) is 17.8. The molecule has 1 aliphatic carbocycles. The molecule has 0 unspecified atom stereocenters. The van der Waals surface area contributed by atoms with Crippen LogP contribution in [0.15, 0.2) is 77.3 Å². The Bertz CT molecular complexity index is 1350. The van der Waals surface area contributed by atoms with E-state index in [-0.39, 0.29) is 23.3 Å². The van der Waals surface area contributed by atoms with Crippen LogP contribution in [-0.4, -0.2) is 34.7 Å². The molecule has 2 heterocycles. The third-order valence-corrected chi connectivity index (χ3v) is 7.08. The fraction of sp³-hybridized carbons (Fsp3) is 0.222. The maximum Gasteiger partial charge on any atom is 0.196 e. The number of ketones is 2. The van der Waals surface area contributed by atoms with Gasteiger partial charge in [0.1, 0.15) is 5.82 Å². The van der Waals surface area contributed by atoms with Crippen LogP contribution < -0.4 is 0 Å². The highest BCUT2D eigenvalue weighted by atomic mass is 19.1. The molecule has 0 amide bonds. The summed E-state index contributed by atoms with van der Waals surface area (Å²) in [6, 6.07) is 20.9. The molecule has 3 aromatic carbocycles. The van der Waals surface area contributed by atoms with Crippen LogP contribution in [-0.2, 0) is 5.54 Å². The van der Waals surface area contributed by atoms with E-state index in [0.29, 0.717) is 48.2 Å². The quantitative estimate of drug-likeness (QED) is 0.414. The molecule has 6 heteroatoms. The van der Waals surface area contributed by atoms with E-state index in [1.165, 1.54) is 12.1 Å². The third kappa shape index (κ3) is 2.84. The molecule has 1 aliphatic heterocycles. The van der Waals surface area contributed by atoms with Crippen molar-refractivity contribution in [3.63, 3.8) is 0 Å². The predicted molar refractivity (Wildman–Crippen MR) is 121 cm³/mol. The van der Waals surface area contributed by atoms with Crippen LogP contribution in [0, 0.1) is 5.82 Å². The molecule has 4 aromatic rings. The average molecular weight is 440 g/mol. The van der Waals surface area contributed by atoms with Gasteiger partial charge in [-0.1, -0.05) is 59.8 Å². The lowest BCUT2D eigenvalue weighted by Gasteiger charge is -2.42. The molecule has 0 bridgehead atoms. The number of halogens is 1. The van der Waals surface area contributed by atoms with Crippen LogP contribution in [0.1, 0.15) is 50.7 Å². The Morgan fingerprint density at radius 3 is 2.18 bits per heavy atom. The maximum absolute atomic E-state index is 13.8. The Kier molecular flexibility index (Phi) is 4.52. The summed E-state index contributed by atoms with van der Waals surface area (Å²) in [5.41, 5.74) is 1.58. The van der Waals surface area contributed by atoms with Crippen molar-refractivity contribution in [3.05, 3.63) is 101 Å². The van der Waals surface area contributed by atoms with E-state index in [1.54, 1.807) is 30.3 Å². The molecule has 0 N–H and O–H groups in total. The first-order chi connectivity index (χ1) is 16.1. The summed E-state index contributed by atoms with van der Waals surface area (Å²) in [5, 5.41) is 5.04. The van der Waals surface area contributed by atoms with Gasteiger partial charge in [0, 0.05) is 41.6 Å². The molecule has 1 aromatic heterocycles. The number of nitrogens with zero attached hydrogens (tertiary/aromatic N) is 2. The summed E-state index contributed by atoms with van der Waals surface area (Å²) in [5.74, 6) is -0.567. The van der Waals surface area contributed by atoms with E-state index in [0.717, 1.165) is 11.1 Å². The number of rotatable bonds is 3. The molecule has 6 rings (SSSR count). The number of piperidine rings is 1. The van der Waals surface area contributed by atoms with Crippen molar-refractivity contribution >= 4 is 22.5 Å². The van der Waals surface area contributed by atoms with Gasteiger partial charge >= 0.3 is 0 Å². The lowest BCUT2D eigenvalue weighted by atomic mass is 9.80. The third-order valence-electron chi connectivity index (χ3n) is 7.08. The lowest BCUT2D eigenvalue weighted by molar-refractivity contribution is 0.0401. The fourth-order valence-corrected chi connectivity index (χ4v) is 5.50. The highest BCUT2D eigenvalue weighted by molar-refractivity contribution is 6.32. The topological polar surface area (TPSA) is 63.4 Å². The number of Topliss-reactive ketones (excluding diaryl/α,β-unsaturated/α-hetero) is 2. The van der Waals surface area contributed by atoms with E-state index >= 15 is 0 Å². The van der Waals surface area contributed by atoms with Crippen molar-refractivity contribution < 1.29 is 18.5 Å². The van der Waals surface area contributed by atoms with Crippen LogP contribution in [0.25, 0.3) is 11.0 Å². The predicted octanol–water partition coefficient (Wildman–Crippen LogP) is 5.12. The maximum atomic E-state index is 13.8. The van der Waals surface area contributed by atoms with Crippen molar-refractivity contribution in [2.24, 2.45) is 0 Å². The van der Waals surface area contributed by atoms with Gasteiger partial charge in [-0.3, -0.25) is 14.5 Å². The first kappa shape index (κ1) is 20.0. The second-order valence-corrected chi connectivity index (χ2v) is 8.75. The number of fused-ring (bicyclic) bond motifs is 2. The van der Waals surface area contributed by atoms with Crippen LogP contribution in [0.5, 0.6) is 0 Å². The minimum Gasteiger partial charge on any atom is -0.356 e. The van der Waals surface area contributed by atoms with Gasteiger partial charge in [0.2, 0.25) is 0 Å². The normalized spacial score (nSPS) is 18.7. The zero-order valence-electron chi connectivity index (χ0n) is 17.8. The number of carbonyl (C=O) groups is 2. The number of likely N-dealkylation sites (tertiary alicyclic amines) is 1. The monoisotopic (exact) mass is 440 g/mol. The van der Waals surface area contributed by atoms with Gasteiger partial charge in [-0.15, -0.1) is 0 Å². The van der Waals surface area contributed by atoms with Gasteiger partial charge in [0.05, 0.1) is 5.69 Å². The van der Waals surface area contributed by atoms with Crippen molar-refractivity contribution in [2.75, 3.05) is 13.1 Å². The van der Waals surface area contributed by atoms with Crippen LogP contribution in [0.4, 0.5) is 4.39 Å². The largest absolute Gasteiger partial charge is 0.356 e. The number of hydrogen-bond donors (Lipinski definition) is 0. The Morgan fingerprint density at radius 2 is 1.52 bits per heavy atom. The fourth-order valence-electron chi connectivity index (χ4n) is 5.50. The van der Waals surface area contributed by atoms with Gasteiger partial charge < -0.3 is 4.52 Å². The summed E-state index contributed by atoms with van der Waals surface area (Å²) in [7, 11) is 0. The molecule has 1 fully saturated rings. The van der Waals surface area contributed by atoms with E-state index in [1.807, 2.05) is 35.2 Å². The standard InChI is InChI=1S/C27H21FN2O3/c28-19-10-11-22-23(16-19)33-29-24(22)17-12-14-30(15-13-17)27(18-6-2-1-3-7-18)25(31)20-8-4-5-9-21(20)26(27)32/h1-11,16-17H,12-15H2. The van der Waals surface area contributed by atoms with Crippen molar-refractivity contribution in [1.82, 2.24) is 10.1 Å². The number of hydrogen-bond acceptors (Lipinski definition) is 5. The summed E-state index contributed by atoms with van der Waals surface area (Å²) in [6.45, 7) is 1.11. The molecule has 0 saturated carbocycles. The lowest BCUT2D eigenvalue weighted by Crippen LogP contribution is -2.56. The molecule has 0 spiro atoms. The molecule has 33 heavy (non-hydrogen) atoms. The number of benzene rings is 3. The molecule has 0 radical (unpaired) electrons. The van der Waals surface area contributed by atoms with Crippen molar-refractivity contribution in [3.8, 4) is 0 Å². The summed E-state index contributed by atoms with van der Waals surface area (Å²) < 4.78 is 18.9. The SMILES string of the molecule is O=C1c2ccccc2C(=O)C1(c1ccccc1)N1CCC(c2noc3cc(F)ccc23)CC1. The van der Waals surface area contributed by atoms with Crippen LogP contribution in [0.3, 0.4) is 0 Å². The Balaban J connectivity index is 1.36. The first-order valence-electron chi connectivity index (χ1n) is 11.1. The van der Waals surface area contributed by atoms with Crippen molar-refractivity contribution in [2.45, 2.75) is 24.3 Å². The molecule has 1 saturated heterocycles. The Morgan fingerprint density at radius 1 is 0.879 bits per heavy atom. The second-order valence-electron chi connectivity index (χ2n) is 8.75. The van der Waals surface area contributed by atoms with Gasteiger partial charge in [-0.2, -0.15) is 0 Å². The molecular weight excluding hydrogens is 419 g/mol. The highest BCUT2D eigenvalue weighted by Crippen LogP contribution is 2.45. The summed E-state index contributed by atoms with van der Waals surface area (Å²) >= 11 is 0. The smallest absolute Gasteiger partial charge is 0.196 e. The molecule has 2 aliphatic rings. The van der Waals surface area contributed by atoms with Crippen molar-refractivity contribution in [1.29, 1.82) is 0 Å². The number of aromatic nitrogens is 1. The van der Waals surface area contributed by atoms with Gasteiger partial charge in [0.15, 0.2) is 22.7 Å². The van der Waals surface area contributed by atoms with Crippen LogP contribution >= 0.6 is 0 Å². The Labute approximate surface area is 189 Å². The summed E-state index contributed by atoms with van der Waals surface area (Å²) in [6.07, 6.45) is 1.43. The van der Waals surface area contributed by atoms with Gasteiger partial charge in [0.25, 0.3) is 0 Å². The van der Waals surface area contributed by atoms with E-state index in [2.05, 4.69) is 5.16 Å². The highest BCUT2D eigenvalue weighted by Gasteiger charge is 2.58. The molecular formula is C27H21FN2O3.